The molecule has 2 aliphatic heterocycles. The number of morpholine rings is 1. The second-order valence-corrected chi connectivity index (χ2v) is 11.2. The molecule has 2 unspecified atom stereocenters. The molecule has 3 aromatic carbocycles. The lowest BCUT2D eigenvalue weighted by Crippen LogP contribution is -2.56. The second kappa shape index (κ2) is 12.3. The SMILES string of the molecule is COc1ccc(C(c2ccccc2)(c2ccccc2)C(O)[C@H]2O[C@@H](n3cc(C)c(=O)[nH]c3=O)CC2N2CCOCC2)cc1. The van der Waals surface area contributed by atoms with Crippen LogP contribution < -0.4 is 16.0 Å². The average Bonchev–Trinajstić information content (AvgIpc) is 3.50. The fourth-order valence-corrected chi connectivity index (χ4v) is 6.71. The molecule has 0 radical (unpaired) electrons. The van der Waals surface area contributed by atoms with Gasteiger partial charge < -0.3 is 19.3 Å². The molecule has 0 spiro atoms. The number of aliphatic hydroxyl groups excluding tert-OH is 1. The molecule has 0 saturated carbocycles. The summed E-state index contributed by atoms with van der Waals surface area (Å²) in [6.07, 6.45) is -0.471. The van der Waals surface area contributed by atoms with Crippen LogP contribution >= 0.6 is 0 Å². The number of aliphatic hydroxyl groups is 1. The normalized spacial score (nSPS) is 21.9. The summed E-state index contributed by atoms with van der Waals surface area (Å²) in [7, 11) is 1.63. The van der Waals surface area contributed by atoms with E-state index in [-0.39, 0.29) is 6.04 Å². The van der Waals surface area contributed by atoms with Gasteiger partial charge in [0.05, 0.1) is 31.8 Å². The van der Waals surface area contributed by atoms with Crippen LogP contribution in [0.1, 0.15) is 34.9 Å². The molecule has 224 valence electrons. The van der Waals surface area contributed by atoms with Crippen molar-refractivity contribution >= 4 is 0 Å². The van der Waals surface area contributed by atoms with E-state index in [0.29, 0.717) is 44.0 Å². The Morgan fingerprint density at radius 1 is 0.907 bits per heavy atom. The Balaban J connectivity index is 1.54. The molecule has 2 saturated heterocycles. The smallest absolute Gasteiger partial charge is 0.330 e. The predicted octanol–water partition coefficient (Wildman–Crippen LogP) is 3.24. The number of rotatable bonds is 8. The van der Waals surface area contributed by atoms with Crippen molar-refractivity contribution in [3.8, 4) is 5.75 Å². The average molecular weight is 584 g/mol. The van der Waals surface area contributed by atoms with Crippen LogP contribution in [0, 0.1) is 6.92 Å². The van der Waals surface area contributed by atoms with Crippen molar-refractivity contribution < 1.29 is 19.3 Å². The summed E-state index contributed by atoms with van der Waals surface area (Å²) in [4.78, 5) is 29.8. The van der Waals surface area contributed by atoms with E-state index in [1.54, 1.807) is 20.2 Å². The lowest BCUT2D eigenvalue weighted by molar-refractivity contribution is -0.0971. The van der Waals surface area contributed by atoms with E-state index in [1.807, 2.05) is 84.9 Å². The van der Waals surface area contributed by atoms with Gasteiger partial charge in [0.15, 0.2) is 0 Å². The molecule has 1 aromatic heterocycles. The molecule has 0 amide bonds. The van der Waals surface area contributed by atoms with Gasteiger partial charge >= 0.3 is 5.69 Å². The van der Waals surface area contributed by atoms with Crippen LogP contribution in [0.5, 0.6) is 5.75 Å². The number of aromatic nitrogens is 2. The largest absolute Gasteiger partial charge is 0.497 e. The van der Waals surface area contributed by atoms with Crippen LogP contribution in [0.2, 0.25) is 0 Å². The van der Waals surface area contributed by atoms with E-state index in [0.717, 1.165) is 16.7 Å². The van der Waals surface area contributed by atoms with Crippen LogP contribution in [-0.4, -0.2) is 71.2 Å². The first-order valence-corrected chi connectivity index (χ1v) is 14.7. The Morgan fingerprint density at radius 2 is 1.49 bits per heavy atom. The van der Waals surface area contributed by atoms with E-state index in [2.05, 4.69) is 9.88 Å². The molecule has 2 aliphatic rings. The van der Waals surface area contributed by atoms with Gasteiger partial charge in [-0.05, 0) is 35.7 Å². The van der Waals surface area contributed by atoms with Crippen molar-refractivity contribution in [2.24, 2.45) is 0 Å². The van der Waals surface area contributed by atoms with Gasteiger partial charge in [-0.2, -0.15) is 0 Å². The number of hydrogen-bond donors (Lipinski definition) is 2. The van der Waals surface area contributed by atoms with Crippen molar-refractivity contribution in [1.29, 1.82) is 0 Å². The zero-order valence-electron chi connectivity index (χ0n) is 24.4. The fourth-order valence-electron chi connectivity index (χ4n) is 6.71. The third-order valence-electron chi connectivity index (χ3n) is 8.87. The van der Waals surface area contributed by atoms with Gasteiger partial charge in [0.2, 0.25) is 0 Å². The topological polar surface area (TPSA) is 106 Å². The zero-order chi connectivity index (χ0) is 30.0. The number of aromatic amines is 1. The summed E-state index contributed by atoms with van der Waals surface area (Å²) >= 11 is 0. The standard InChI is InChI=1S/C34H37N3O6/c1-23-22-37(33(40)35-32(23)39)29-21-28(36-17-19-42-20-18-36)30(43-29)31(38)34(24-9-5-3-6-10-24,25-11-7-4-8-12-25)26-13-15-27(41-2)16-14-26/h3-16,22,28-31,38H,17-21H2,1-2H3,(H,35,39,40)/t28?,29-,30+,31?/m1/s1. The summed E-state index contributed by atoms with van der Waals surface area (Å²) in [6.45, 7) is 4.16. The molecular weight excluding hydrogens is 546 g/mol. The molecule has 43 heavy (non-hydrogen) atoms. The summed E-state index contributed by atoms with van der Waals surface area (Å²) in [6, 6.07) is 27.5. The molecule has 9 heteroatoms. The fraction of sp³-hybridized carbons (Fsp3) is 0.353. The third kappa shape index (κ3) is 5.34. The first-order valence-electron chi connectivity index (χ1n) is 14.7. The van der Waals surface area contributed by atoms with Crippen LogP contribution in [0.4, 0.5) is 0 Å². The minimum Gasteiger partial charge on any atom is -0.497 e. The molecule has 0 bridgehead atoms. The number of methoxy groups -OCH3 is 1. The van der Waals surface area contributed by atoms with Gasteiger partial charge in [-0.15, -0.1) is 0 Å². The van der Waals surface area contributed by atoms with Gasteiger partial charge in [0.1, 0.15) is 18.1 Å². The molecule has 4 atom stereocenters. The Labute approximate surface area is 250 Å². The van der Waals surface area contributed by atoms with Crippen molar-refractivity contribution in [2.75, 3.05) is 33.4 Å². The monoisotopic (exact) mass is 583 g/mol. The Morgan fingerprint density at radius 3 is 2.07 bits per heavy atom. The van der Waals surface area contributed by atoms with E-state index >= 15 is 0 Å². The summed E-state index contributed by atoms with van der Waals surface area (Å²) in [5, 5.41) is 12.9. The van der Waals surface area contributed by atoms with Gasteiger partial charge in [-0.1, -0.05) is 72.8 Å². The Kier molecular flexibility index (Phi) is 8.32. The van der Waals surface area contributed by atoms with Crippen molar-refractivity contribution in [2.45, 2.75) is 43.2 Å². The lowest BCUT2D eigenvalue weighted by atomic mass is 9.64. The molecular formula is C34H37N3O6. The van der Waals surface area contributed by atoms with E-state index in [9.17, 15) is 14.7 Å². The molecule has 4 aromatic rings. The number of hydrogen-bond acceptors (Lipinski definition) is 7. The zero-order valence-corrected chi connectivity index (χ0v) is 24.4. The number of ether oxygens (including phenoxy) is 3. The minimum atomic E-state index is -1.08. The van der Waals surface area contributed by atoms with E-state index < -0.39 is 35.1 Å². The van der Waals surface area contributed by atoms with Crippen LogP contribution in [0.25, 0.3) is 0 Å². The number of aryl methyl sites for hydroxylation is 1. The van der Waals surface area contributed by atoms with Crippen LogP contribution in [0.3, 0.4) is 0 Å². The van der Waals surface area contributed by atoms with E-state index in [4.69, 9.17) is 14.2 Å². The highest BCUT2D eigenvalue weighted by Crippen LogP contribution is 2.47. The first kappa shape index (κ1) is 29.1. The Bertz CT molecular complexity index is 1590. The highest BCUT2D eigenvalue weighted by Gasteiger charge is 2.53. The second-order valence-electron chi connectivity index (χ2n) is 11.2. The highest BCUT2D eigenvalue weighted by atomic mass is 16.5. The molecule has 6 rings (SSSR count). The predicted molar refractivity (Wildman–Crippen MR) is 163 cm³/mol. The molecule has 3 heterocycles. The highest BCUT2D eigenvalue weighted by molar-refractivity contribution is 5.53. The maximum Gasteiger partial charge on any atom is 0.330 e. The molecule has 0 aliphatic carbocycles. The lowest BCUT2D eigenvalue weighted by Gasteiger charge is -2.45. The molecule has 9 nitrogen and oxygen atoms in total. The van der Waals surface area contributed by atoms with E-state index in [1.165, 1.54) is 4.57 Å². The maximum atomic E-state index is 13.0. The number of nitrogens with zero attached hydrogens (tertiary/aromatic N) is 2. The quantitative estimate of drug-likeness (QED) is 0.307. The van der Waals surface area contributed by atoms with Crippen LogP contribution in [-0.2, 0) is 14.9 Å². The summed E-state index contributed by atoms with van der Waals surface area (Å²) in [5.41, 5.74) is 1.10. The third-order valence-corrected chi connectivity index (χ3v) is 8.87. The van der Waals surface area contributed by atoms with Gasteiger partial charge in [-0.25, -0.2) is 4.79 Å². The Hall–Kier alpha value is -4.02. The maximum absolute atomic E-state index is 13.0. The summed E-state index contributed by atoms with van der Waals surface area (Å²) < 4.78 is 19.3. The number of benzene rings is 3. The van der Waals surface area contributed by atoms with Gasteiger partial charge in [0, 0.05) is 37.3 Å². The molecule has 2 fully saturated rings. The molecule has 2 N–H and O–H groups in total. The van der Waals surface area contributed by atoms with Crippen molar-refractivity contribution in [1.82, 2.24) is 14.5 Å². The number of nitrogens with one attached hydrogen (secondary N) is 1. The minimum absolute atomic E-state index is 0.229. The van der Waals surface area contributed by atoms with Gasteiger partial charge in [0.25, 0.3) is 5.56 Å². The van der Waals surface area contributed by atoms with Crippen LogP contribution in [0.15, 0.2) is 101 Å². The first-order chi connectivity index (χ1) is 20.9. The summed E-state index contributed by atoms with van der Waals surface area (Å²) in [5.74, 6) is 0.712. The number of H-pyrrole nitrogens is 1. The van der Waals surface area contributed by atoms with Crippen molar-refractivity contribution in [3.05, 3.63) is 134 Å². The van der Waals surface area contributed by atoms with Gasteiger partial charge in [-0.3, -0.25) is 19.2 Å². The van der Waals surface area contributed by atoms with Crippen molar-refractivity contribution in [3.63, 3.8) is 0 Å².